The molecule has 1 aromatic rings. The molecule has 1 aliphatic heterocycles. The molecule has 1 aromatic heterocycles. The third kappa shape index (κ3) is 3.90. The van der Waals surface area contributed by atoms with Crippen LogP contribution in [0, 0.1) is 10.9 Å². The van der Waals surface area contributed by atoms with Gasteiger partial charge < -0.3 is 15.0 Å². The van der Waals surface area contributed by atoms with Crippen molar-refractivity contribution in [3.8, 4) is 0 Å². The quantitative estimate of drug-likeness (QED) is 0.817. The van der Waals surface area contributed by atoms with Gasteiger partial charge in [0.25, 0.3) is 0 Å². The highest BCUT2D eigenvalue weighted by Crippen LogP contribution is 2.16. The van der Waals surface area contributed by atoms with E-state index in [0.717, 1.165) is 40.4 Å². The lowest BCUT2D eigenvalue weighted by Crippen LogP contribution is -2.28. The molecule has 2 rings (SSSR count). The van der Waals surface area contributed by atoms with Crippen molar-refractivity contribution in [3.05, 3.63) is 14.5 Å². The first-order valence-electron chi connectivity index (χ1n) is 6.22. The largest absolute Gasteiger partial charge is 0.378 e. The minimum Gasteiger partial charge on any atom is -0.378 e. The molecule has 4 nitrogen and oxygen atoms in total. The van der Waals surface area contributed by atoms with Gasteiger partial charge in [-0.2, -0.15) is 0 Å². The van der Waals surface area contributed by atoms with E-state index in [1.54, 1.807) is 0 Å². The molecule has 0 radical (unpaired) electrons. The fraction of sp³-hybridized carbons (Fsp3) is 0.667. The lowest BCUT2D eigenvalue weighted by atomic mass is 10.2. The van der Waals surface area contributed by atoms with E-state index < -0.39 is 0 Å². The van der Waals surface area contributed by atoms with Crippen LogP contribution in [0.2, 0.25) is 0 Å². The molecule has 100 valence electrons. The molecule has 0 bridgehead atoms. The highest BCUT2D eigenvalue weighted by molar-refractivity contribution is 7.73. The number of aromatic amines is 1. The normalized spacial score (nSPS) is 19.1. The molecule has 1 amide bonds. The third-order valence-corrected chi connectivity index (χ3v) is 4.39. The Morgan fingerprint density at radius 3 is 3.11 bits per heavy atom. The molecule has 18 heavy (non-hydrogen) atoms. The molecule has 0 unspecified atom stereocenters. The van der Waals surface area contributed by atoms with Gasteiger partial charge in [-0.3, -0.25) is 4.79 Å². The summed E-state index contributed by atoms with van der Waals surface area (Å²) >= 11 is 6.52. The molecular weight excluding hydrogens is 268 g/mol. The summed E-state index contributed by atoms with van der Waals surface area (Å²) in [6.07, 6.45) is 3.92. The van der Waals surface area contributed by atoms with Crippen molar-refractivity contribution in [1.29, 1.82) is 0 Å². The Hall–Kier alpha value is -0.720. The number of hydrogen-bond acceptors (Lipinski definition) is 4. The van der Waals surface area contributed by atoms with E-state index in [4.69, 9.17) is 17.0 Å². The van der Waals surface area contributed by atoms with Gasteiger partial charge in [0, 0.05) is 23.7 Å². The van der Waals surface area contributed by atoms with Crippen molar-refractivity contribution in [2.75, 3.05) is 13.2 Å². The monoisotopic (exact) mass is 286 g/mol. The fourth-order valence-corrected chi connectivity index (χ4v) is 3.35. The summed E-state index contributed by atoms with van der Waals surface area (Å²) in [5.74, 6) is 0.0568. The average Bonchev–Trinajstić information content (AvgIpc) is 2.90. The maximum Gasteiger partial charge on any atom is 0.225 e. The van der Waals surface area contributed by atoms with Crippen LogP contribution >= 0.6 is 23.6 Å². The molecule has 0 aliphatic carbocycles. The number of amides is 1. The topological polar surface area (TPSA) is 54.1 Å². The third-order valence-electron chi connectivity index (χ3n) is 3.06. The van der Waals surface area contributed by atoms with Crippen molar-refractivity contribution in [1.82, 2.24) is 10.3 Å². The molecule has 0 saturated carbocycles. The molecule has 1 aliphatic rings. The molecule has 1 fully saturated rings. The number of ether oxygens (including phenoxy) is 1. The van der Waals surface area contributed by atoms with Crippen molar-refractivity contribution in [2.24, 2.45) is 0 Å². The second-order valence-corrected chi connectivity index (χ2v) is 6.28. The number of aryl methyl sites for hydroxylation is 1. The molecule has 2 heterocycles. The summed E-state index contributed by atoms with van der Waals surface area (Å²) in [5.41, 5.74) is 0.999. The summed E-state index contributed by atoms with van der Waals surface area (Å²) in [6.45, 7) is 3.50. The fourth-order valence-electron chi connectivity index (χ4n) is 2.06. The van der Waals surface area contributed by atoms with Crippen LogP contribution in [-0.2, 0) is 16.0 Å². The highest BCUT2D eigenvalue weighted by Gasteiger charge is 2.15. The summed E-state index contributed by atoms with van der Waals surface area (Å²) in [5, 5.41) is 2.93. The van der Waals surface area contributed by atoms with Crippen molar-refractivity contribution in [3.63, 3.8) is 0 Å². The minimum atomic E-state index is 0.0568. The van der Waals surface area contributed by atoms with Crippen molar-refractivity contribution in [2.45, 2.75) is 38.7 Å². The van der Waals surface area contributed by atoms with Gasteiger partial charge >= 0.3 is 0 Å². The zero-order valence-corrected chi connectivity index (χ0v) is 12.1. The smallest absolute Gasteiger partial charge is 0.225 e. The first-order chi connectivity index (χ1) is 8.65. The Morgan fingerprint density at radius 1 is 1.67 bits per heavy atom. The van der Waals surface area contributed by atoms with Gasteiger partial charge in [0.15, 0.2) is 3.95 Å². The zero-order valence-electron chi connectivity index (χ0n) is 10.5. The average molecular weight is 286 g/mol. The SMILES string of the molecule is Cc1[nH]c(=S)sc1CC(=O)NCC[C@H]1CCCO1. The molecular formula is C12H18N2O2S2. The Kier molecular flexibility index (Phi) is 4.91. The van der Waals surface area contributed by atoms with Gasteiger partial charge in [-0.05, 0) is 38.4 Å². The van der Waals surface area contributed by atoms with Crippen LogP contribution in [0.15, 0.2) is 0 Å². The standard InChI is InChI=1S/C12H18N2O2S2/c1-8-10(18-12(17)14-8)7-11(15)13-5-4-9-3-2-6-16-9/h9H,2-7H2,1H3,(H,13,15)(H,14,17)/t9-/m1/s1. The number of nitrogens with one attached hydrogen (secondary N) is 2. The Bertz CT molecular complexity index is 461. The van der Waals surface area contributed by atoms with Crippen LogP contribution in [0.25, 0.3) is 0 Å². The van der Waals surface area contributed by atoms with Gasteiger partial charge in [0.05, 0.1) is 12.5 Å². The Balaban J connectivity index is 1.71. The van der Waals surface area contributed by atoms with E-state index in [9.17, 15) is 4.79 Å². The first-order valence-corrected chi connectivity index (χ1v) is 7.44. The zero-order chi connectivity index (χ0) is 13.0. The van der Waals surface area contributed by atoms with Gasteiger partial charge in [0.1, 0.15) is 0 Å². The highest BCUT2D eigenvalue weighted by atomic mass is 32.1. The molecule has 0 aromatic carbocycles. The van der Waals surface area contributed by atoms with Crippen molar-refractivity contribution >= 4 is 29.5 Å². The summed E-state index contributed by atoms with van der Waals surface area (Å²) in [6, 6.07) is 0. The summed E-state index contributed by atoms with van der Waals surface area (Å²) in [7, 11) is 0. The van der Waals surface area contributed by atoms with Crippen LogP contribution in [-0.4, -0.2) is 30.1 Å². The summed E-state index contributed by atoms with van der Waals surface area (Å²) < 4.78 is 6.24. The van der Waals surface area contributed by atoms with E-state index in [-0.39, 0.29) is 5.91 Å². The second-order valence-electron chi connectivity index (χ2n) is 4.51. The number of rotatable bonds is 5. The Morgan fingerprint density at radius 2 is 2.50 bits per heavy atom. The number of H-pyrrole nitrogens is 1. The second kappa shape index (κ2) is 6.45. The van der Waals surface area contributed by atoms with Crippen LogP contribution in [0.1, 0.15) is 29.8 Å². The molecule has 6 heteroatoms. The maximum absolute atomic E-state index is 11.8. The Labute approximate surface area is 116 Å². The van der Waals surface area contributed by atoms with Gasteiger partial charge in [-0.25, -0.2) is 0 Å². The van der Waals surface area contributed by atoms with Crippen molar-refractivity contribution < 1.29 is 9.53 Å². The van der Waals surface area contributed by atoms with E-state index in [0.29, 0.717) is 19.1 Å². The van der Waals surface area contributed by atoms with Crippen LogP contribution < -0.4 is 5.32 Å². The number of carbonyl (C=O) groups is 1. The minimum absolute atomic E-state index is 0.0568. The molecule has 0 spiro atoms. The number of hydrogen-bond donors (Lipinski definition) is 2. The molecule has 1 saturated heterocycles. The van der Waals surface area contributed by atoms with Crippen LogP contribution in [0.4, 0.5) is 0 Å². The van der Waals surface area contributed by atoms with Gasteiger partial charge in [-0.15, -0.1) is 11.3 Å². The number of thiazole rings is 1. The lowest BCUT2D eigenvalue weighted by Gasteiger charge is -2.09. The van der Waals surface area contributed by atoms with E-state index in [1.807, 2.05) is 6.92 Å². The number of aromatic nitrogens is 1. The van der Waals surface area contributed by atoms with E-state index >= 15 is 0 Å². The summed E-state index contributed by atoms with van der Waals surface area (Å²) in [4.78, 5) is 15.8. The van der Waals surface area contributed by atoms with Crippen LogP contribution in [0.3, 0.4) is 0 Å². The number of carbonyl (C=O) groups excluding carboxylic acids is 1. The van der Waals surface area contributed by atoms with E-state index in [1.165, 1.54) is 11.3 Å². The predicted octanol–water partition coefficient (Wildman–Crippen LogP) is 2.34. The molecule has 2 N–H and O–H groups in total. The predicted molar refractivity (Wildman–Crippen MR) is 74.5 cm³/mol. The van der Waals surface area contributed by atoms with E-state index in [2.05, 4.69) is 10.3 Å². The maximum atomic E-state index is 11.8. The molecule has 1 atom stereocenters. The lowest BCUT2D eigenvalue weighted by molar-refractivity contribution is -0.120. The van der Waals surface area contributed by atoms with Gasteiger partial charge in [0.2, 0.25) is 5.91 Å². The van der Waals surface area contributed by atoms with Gasteiger partial charge in [-0.1, -0.05) is 0 Å². The first kappa shape index (κ1) is 13.7. The van der Waals surface area contributed by atoms with Crippen LogP contribution in [0.5, 0.6) is 0 Å².